The van der Waals surface area contributed by atoms with E-state index in [0.29, 0.717) is 42.1 Å². The predicted molar refractivity (Wildman–Crippen MR) is 151 cm³/mol. The number of hydrogen-bond donors (Lipinski definition) is 2. The Morgan fingerprint density at radius 2 is 1.62 bits per heavy atom. The maximum absolute atomic E-state index is 12.5. The molecule has 0 bridgehead atoms. The van der Waals surface area contributed by atoms with Crippen LogP contribution in [0.2, 0.25) is 0 Å². The van der Waals surface area contributed by atoms with Crippen molar-refractivity contribution in [2.24, 2.45) is 64.1 Å². The normalized spacial score (nSPS) is 43.1. The Balaban J connectivity index is 1.40. The highest BCUT2D eigenvalue weighted by Crippen LogP contribution is 2.69. The van der Waals surface area contributed by atoms with Crippen molar-refractivity contribution in [1.82, 2.24) is 0 Å². The molecule has 0 spiro atoms. The molecule has 224 valence electrons. The Labute approximate surface area is 237 Å². The molecule has 4 aliphatic carbocycles. The van der Waals surface area contributed by atoms with E-state index in [2.05, 4.69) is 27.7 Å². The lowest BCUT2D eigenvalue weighted by molar-refractivity contribution is -0.203. The highest BCUT2D eigenvalue weighted by atomic mass is 16.5. The van der Waals surface area contributed by atoms with Crippen molar-refractivity contribution in [2.45, 2.75) is 118 Å². The van der Waals surface area contributed by atoms with E-state index < -0.39 is 5.92 Å². The van der Waals surface area contributed by atoms with E-state index in [1.54, 1.807) is 0 Å². The van der Waals surface area contributed by atoms with Crippen molar-refractivity contribution in [3.63, 3.8) is 0 Å². The van der Waals surface area contributed by atoms with Gasteiger partial charge in [0.2, 0.25) is 0 Å². The molecule has 0 aromatic carbocycles. The first-order chi connectivity index (χ1) is 18.4. The fraction of sp³-hybridized carbons (Fsp3) is 0.939. The maximum atomic E-state index is 12.5. The van der Waals surface area contributed by atoms with Crippen LogP contribution in [0.5, 0.6) is 0 Å². The minimum atomic E-state index is -0.465. The summed E-state index contributed by atoms with van der Waals surface area (Å²) in [5.74, 6) is 2.02. The Morgan fingerprint density at radius 3 is 2.26 bits per heavy atom. The van der Waals surface area contributed by atoms with Gasteiger partial charge >= 0.3 is 11.9 Å². The average Bonchev–Trinajstić information content (AvgIpc) is 3.25. The fourth-order valence-electron chi connectivity index (χ4n) is 10.5. The molecular weight excluding hydrogens is 492 g/mol. The van der Waals surface area contributed by atoms with E-state index in [1.165, 1.54) is 32.8 Å². The lowest BCUT2D eigenvalue weighted by Gasteiger charge is -2.64. The van der Waals surface area contributed by atoms with Gasteiger partial charge in [-0.05, 0) is 110 Å². The van der Waals surface area contributed by atoms with Gasteiger partial charge in [0.05, 0.1) is 38.3 Å². The zero-order chi connectivity index (χ0) is 28.7. The third kappa shape index (κ3) is 5.55. The van der Waals surface area contributed by atoms with Crippen LogP contribution in [-0.4, -0.2) is 48.1 Å². The van der Waals surface area contributed by atoms with E-state index in [-0.39, 0.29) is 53.2 Å². The number of esters is 2. The number of aliphatic hydroxyl groups excluding tert-OH is 2. The summed E-state index contributed by atoms with van der Waals surface area (Å²) in [6, 6.07) is 0. The van der Waals surface area contributed by atoms with Crippen LogP contribution in [0.4, 0.5) is 0 Å². The quantitative estimate of drug-likeness (QED) is 0.342. The molecule has 0 aromatic heterocycles. The Morgan fingerprint density at radius 1 is 0.949 bits per heavy atom. The van der Waals surface area contributed by atoms with Crippen molar-refractivity contribution in [1.29, 1.82) is 0 Å². The smallest absolute Gasteiger partial charge is 0.309 e. The van der Waals surface area contributed by atoms with Gasteiger partial charge in [0.15, 0.2) is 0 Å². The molecule has 0 saturated heterocycles. The fourth-order valence-corrected chi connectivity index (χ4v) is 10.5. The van der Waals surface area contributed by atoms with Gasteiger partial charge < -0.3 is 19.7 Å². The van der Waals surface area contributed by atoms with E-state index in [9.17, 15) is 19.8 Å². The van der Waals surface area contributed by atoms with E-state index in [4.69, 9.17) is 9.47 Å². The van der Waals surface area contributed by atoms with Gasteiger partial charge in [0.1, 0.15) is 0 Å². The summed E-state index contributed by atoms with van der Waals surface area (Å²) in [4.78, 5) is 24.5. The molecule has 4 rings (SSSR count). The molecule has 6 nitrogen and oxygen atoms in total. The number of carbonyl (C=O) groups is 2. The molecule has 6 heteroatoms. The third-order valence-corrected chi connectivity index (χ3v) is 12.7. The molecule has 0 aromatic rings. The van der Waals surface area contributed by atoms with Crippen LogP contribution in [-0.2, 0) is 19.1 Å². The summed E-state index contributed by atoms with van der Waals surface area (Å²) in [6.07, 6.45) is 8.99. The SMILES string of the molecule is CC[C@H]1[C@@H](O)[C@@H]2[C@H](CC[C@]3(C)[C@@H]([C@H](C)CCOC(=O)C[C@H](C(=O)OC)C(C)C)CC[C@@H]23)[C@@]2(C)CC[C@@H](O)C[C@@H]12. The number of hydrogen-bond acceptors (Lipinski definition) is 6. The van der Waals surface area contributed by atoms with Crippen LogP contribution in [0.15, 0.2) is 0 Å². The van der Waals surface area contributed by atoms with Gasteiger partial charge in [-0.1, -0.05) is 48.0 Å². The first-order valence-electron chi connectivity index (χ1n) is 16.0. The standard InChI is InChI=1S/C33H56O6/c1-8-22-27-17-21(34)11-14-33(27,6)26-12-15-32(5)24(9-10-25(32)29(26)30(22)36)20(4)13-16-39-28(35)18-23(19(2)3)31(37)38-7/h19-27,29-30,34,36H,8-18H2,1-7H3/t20-,21-,22-,23+,24-,25+,26+,27+,29+,30-,32-,33-/m1/s1. The number of fused-ring (bicyclic) bond motifs is 5. The first kappa shape index (κ1) is 30.8. The van der Waals surface area contributed by atoms with Crippen molar-refractivity contribution in [3.8, 4) is 0 Å². The molecule has 4 fully saturated rings. The second kappa shape index (κ2) is 12.0. The average molecular weight is 549 g/mol. The van der Waals surface area contributed by atoms with Gasteiger partial charge in [0, 0.05) is 0 Å². The topological polar surface area (TPSA) is 93.1 Å². The lowest BCUT2D eigenvalue weighted by atomic mass is 9.41. The zero-order valence-corrected chi connectivity index (χ0v) is 25.7. The molecule has 0 amide bonds. The molecule has 0 heterocycles. The number of ether oxygens (including phenoxy) is 2. The highest BCUT2D eigenvalue weighted by molar-refractivity contribution is 5.80. The predicted octanol–water partition coefficient (Wildman–Crippen LogP) is 6.02. The van der Waals surface area contributed by atoms with Crippen LogP contribution < -0.4 is 0 Å². The molecule has 39 heavy (non-hydrogen) atoms. The monoisotopic (exact) mass is 548 g/mol. The number of methoxy groups -OCH3 is 1. The Hall–Kier alpha value is -1.14. The van der Waals surface area contributed by atoms with Crippen LogP contribution in [0, 0.1) is 64.1 Å². The maximum Gasteiger partial charge on any atom is 0.309 e. The summed E-state index contributed by atoms with van der Waals surface area (Å²) in [5, 5.41) is 22.4. The van der Waals surface area contributed by atoms with Gasteiger partial charge in [-0.15, -0.1) is 0 Å². The third-order valence-electron chi connectivity index (χ3n) is 12.7. The second-order valence-electron chi connectivity index (χ2n) is 14.7. The molecule has 4 aliphatic rings. The molecular formula is C33H56O6. The largest absolute Gasteiger partial charge is 0.469 e. The summed E-state index contributed by atoms with van der Waals surface area (Å²) >= 11 is 0. The summed E-state index contributed by atoms with van der Waals surface area (Å²) in [6.45, 7) is 13.8. The molecule has 0 unspecified atom stereocenters. The van der Waals surface area contributed by atoms with E-state index in [0.717, 1.165) is 32.1 Å². The van der Waals surface area contributed by atoms with Gasteiger partial charge in [0.25, 0.3) is 0 Å². The van der Waals surface area contributed by atoms with Gasteiger partial charge in [-0.25, -0.2) is 0 Å². The molecule has 2 N–H and O–H groups in total. The first-order valence-corrected chi connectivity index (χ1v) is 16.0. The van der Waals surface area contributed by atoms with Gasteiger partial charge in [-0.3, -0.25) is 9.59 Å². The van der Waals surface area contributed by atoms with Crippen molar-refractivity contribution < 1.29 is 29.3 Å². The minimum Gasteiger partial charge on any atom is -0.469 e. The molecule has 12 atom stereocenters. The van der Waals surface area contributed by atoms with E-state index in [1.807, 2.05) is 13.8 Å². The summed E-state index contributed by atoms with van der Waals surface area (Å²) < 4.78 is 10.5. The Bertz CT molecular complexity index is 872. The minimum absolute atomic E-state index is 0.0214. The second-order valence-corrected chi connectivity index (χ2v) is 14.7. The zero-order valence-electron chi connectivity index (χ0n) is 25.7. The van der Waals surface area contributed by atoms with Crippen LogP contribution in [0.1, 0.15) is 106 Å². The van der Waals surface area contributed by atoms with Crippen molar-refractivity contribution >= 4 is 11.9 Å². The molecule has 4 saturated carbocycles. The number of aliphatic hydroxyl groups is 2. The van der Waals surface area contributed by atoms with Crippen LogP contribution in [0.3, 0.4) is 0 Å². The van der Waals surface area contributed by atoms with E-state index >= 15 is 0 Å². The Kier molecular flexibility index (Phi) is 9.48. The number of rotatable bonds is 9. The summed E-state index contributed by atoms with van der Waals surface area (Å²) in [5.41, 5.74) is 0.427. The van der Waals surface area contributed by atoms with Gasteiger partial charge in [-0.2, -0.15) is 0 Å². The lowest BCUT2D eigenvalue weighted by Crippen LogP contribution is -2.62. The molecule has 0 aliphatic heterocycles. The number of carbonyl (C=O) groups excluding carboxylic acids is 2. The van der Waals surface area contributed by atoms with Crippen molar-refractivity contribution in [2.75, 3.05) is 13.7 Å². The van der Waals surface area contributed by atoms with Crippen LogP contribution in [0.25, 0.3) is 0 Å². The molecule has 0 radical (unpaired) electrons. The van der Waals surface area contributed by atoms with Crippen molar-refractivity contribution in [3.05, 3.63) is 0 Å². The summed E-state index contributed by atoms with van der Waals surface area (Å²) in [7, 11) is 1.36. The highest BCUT2D eigenvalue weighted by Gasteiger charge is 2.64. The van der Waals surface area contributed by atoms with Crippen LogP contribution >= 0.6 is 0 Å².